The van der Waals surface area contributed by atoms with Crippen molar-refractivity contribution in [1.29, 1.82) is 0 Å². The third kappa shape index (κ3) is 4.76. The van der Waals surface area contributed by atoms with Crippen LogP contribution in [0.3, 0.4) is 0 Å². The van der Waals surface area contributed by atoms with E-state index < -0.39 is 0 Å². The van der Waals surface area contributed by atoms with Crippen molar-refractivity contribution >= 4 is 0 Å². The first-order valence-electron chi connectivity index (χ1n) is 4.11. The van der Waals surface area contributed by atoms with E-state index in [0.29, 0.717) is 0 Å². The lowest BCUT2D eigenvalue weighted by Gasteiger charge is -2.11. The number of rotatable bonds is 0. The molecule has 1 aliphatic heterocycles. The van der Waals surface area contributed by atoms with Gasteiger partial charge >= 0.3 is 0 Å². The Balaban J connectivity index is 0.000000120. The van der Waals surface area contributed by atoms with Crippen LogP contribution in [0.2, 0.25) is 0 Å². The van der Waals surface area contributed by atoms with Gasteiger partial charge in [-0.3, -0.25) is 9.97 Å². The van der Waals surface area contributed by atoms with E-state index in [9.17, 15) is 0 Å². The van der Waals surface area contributed by atoms with Crippen molar-refractivity contribution in [3.8, 4) is 0 Å². The van der Waals surface area contributed by atoms with E-state index in [2.05, 4.69) is 20.6 Å². The minimum absolute atomic E-state index is 1.14. The number of aromatic nitrogens is 2. The zero-order chi connectivity index (χ0) is 8.49. The minimum Gasteiger partial charge on any atom is -0.314 e. The number of hydrogen-bond donors (Lipinski definition) is 2. The van der Waals surface area contributed by atoms with E-state index in [1.165, 1.54) is 0 Å². The zero-order valence-corrected chi connectivity index (χ0v) is 7.03. The molecule has 0 spiro atoms. The molecule has 0 bridgehead atoms. The number of hydrogen-bond acceptors (Lipinski definition) is 4. The summed E-state index contributed by atoms with van der Waals surface area (Å²) < 4.78 is 0. The molecule has 0 atom stereocenters. The van der Waals surface area contributed by atoms with Gasteiger partial charge in [0, 0.05) is 51.0 Å². The summed E-state index contributed by atoms with van der Waals surface area (Å²) in [6, 6.07) is 0. The molecule has 1 saturated heterocycles. The molecule has 1 aromatic heterocycles. The first kappa shape index (κ1) is 9.09. The molecule has 12 heavy (non-hydrogen) atoms. The third-order valence-corrected chi connectivity index (χ3v) is 1.43. The molecule has 4 heteroatoms. The van der Waals surface area contributed by atoms with Crippen LogP contribution in [-0.2, 0) is 0 Å². The van der Waals surface area contributed by atoms with Gasteiger partial charge in [0.25, 0.3) is 0 Å². The van der Waals surface area contributed by atoms with Crippen LogP contribution in [-0.4, -0.2) is 36.1 Å². The zero-order valence-electron chi connectivity index (χ0n) is 7.03. The molecular weight excluding hydrogens is 152 g/mol. The second kappa shape index (κ2) is 6.69. The minimum atomic E-state index is 1.14. The fraction of sp³-hybridized carbons (Fsp3) is 0.500. The summed E-state index contributed by atoms with van der Waals surface area (Å²) in [5, 5.41) is 6.44. The maximum Gasteiger partial charge on any atom is 0.0451 e. The van der Waals surface area contributed by atoms with Crippen molar-refractivity contribution in [3.63, 3.8) is 0 Å². The Bertz CT molecular complexity index is 135. The first-order valence-corrected chi connectivity index (χ1v) is 4.11. The van der Waals surface area contributed by atoms with Crippen molar-refractivity contribution in [1.82, 2.24) is 20.6 Å². The molecule has 0 unspecified atom stereocenters. The van der Waals surface area contributed by atoms with E-state index in [1.54, 1.807) is 24.8 Å². The standard InChI is InChI=1S/C4H10N2.C4H4N2/c2*1-2-6-4-3-5-1/h5-6H,1-4H2;1-4H. The van der Waals surface area contributed by atoms with Crippen LogP contribution in [0.4, 0.5) is 0 Å². The molecule has 0 aliphatic carbocycles. The molecule has 0 amide bonds. The monoisotopic (exact) mass is 166 g/mol. The molecule has 1 aromatic rings. The predicted octanol–water partition coefficient (Wildman–Crippen LogP) is -0.344. The Labute approximate surface area is 72.4 Å². The van der Waals surface area contributed by atoms with Crippen molar-refractivity contribution in [3.05, 3.63) is 24.8 Å². The van der Waals surface area contributed by atoms with Gasteiger partial charge in [-0.15, -0.1) is 0 Å². The summed E-state index contributed by atoms with van der Waals surface area (Å²) in [4.78, 5) is 7.44. The van der Waals surface area contributed by atoms with Gasteiger partial charge in [0.1, 0.15) is 0 Å². The molecule has 2 N–H and O–H groups in total. The highest BCUT2D eigenvalue weighted by molar-refractivity contribution is 4.70. The Hall–Kier alpha value is -1.00. The van der Waals surface area contributed by atoms with Crippen molar-refractivity contribution in [2.75, 3.05) is 26.2 Å². The lowest BCUT2D eigenvalue weighted by atomic mass is 10.4. The molecular formula is C8H14N4. The lowest BCUT2D eigenvalue weighted by Crippen LogP contribution is -2.39. The molecule has 0 aromatic carbocycles. The Morgan fingerprint density at radius 3 is 1.17 bits per heavy atom. The molecule has 2 rings (SSSR count). The summed E-state index contributed by atoms with van der Waals surface area (Å²) >= 11 is 0. The van der Waals surface area contributed by atoms with Gasteiger partial charge < -0.3 is 10.6 Å². The second-order valence-electron chi connectivity index (χ2n) is 2.39. The van der Waals surface area contributed by atoms with Crippen LogP contribution in [0.15, 0.2) is 24.8 Å². The van der Waals surface area contributed by atoms with Crippen LogP contribution < -0.4 is 10.6 Å². The SMILES string of the molecule is C1CNCCN1.c1cnccn1. The maximum absolute atomic E-state index is 3.72. The average molecular weight is 166 g/mol. The van der Waals surface area contributed by atoms with E-state index in [0.717, 1.165) is 26.2 Å². The van der Waals surface area contributed by atoms with Crippen molar-refractivity contribution < 1.29 is 0 Å². The van der Waals surface area contributed by atoms with E-state index in [-0.39, 0.29) is 0 Å². The predicted molar refractivity (Wildman–Crippen MR) is 47.8 cm³/mol. The molecule has 2 heterocycles. The second-order valence-corrected chi connectivity index (χ2v) is 2.39. The quantitative estimate of drug-likeness (QED) is 0.553. The van der Waals surface area contributed by atoms with Gasteiger partial charge in [0.05, 0.1) is 0 Å². The Morgan fingerprint density at radius 2 is 1.00 bits per heavy atom. The molecule has 4 nitrogen and oxygen atoms in total. The van der Waals surface area contributed by atoms with Crippen LogP contribution in [0, 0.1) is 0 Å². The van der Waals surface area contributed by atoms with Crippen LogP contribution >= 0.6 is 0 Å². The Kier molecular flexibility index (Phi) is 5.07. The third-order valence-electron chi connectivity index (χ3n) is 1.43. The first-order chi connectivity index (χ1) is 6.00. The summed E-state index contributed by atoms with van der Waals surface area (Å²) in [5.74, 6) is 0. The molecule has 66 valence electrons. The van der Waals surface area contributed by atoms with Gasteiger partial charge in [0.2, 0.25) is 0 Å². The lowest BCUT2D eigenvalue weighted by molar-refractivity contribution is 0.534. The van der Waals surface area contributed by atoms with Crippen molar-refractivity contribution in [2.24, 2.45) is 0 Å². The number of nitrogens with one attached hydrogen (secondary N) is 2. The summed E-state index contributed by atoms with van der Waals surface area (Å²) in [6.07, 6.45) is 6.56. The van der Waals surface area contributed by atoms with Crippen LogP contribution in [0.25, 0.3) is 0 Å². The van der Waals surface area contributed by atoms with E-state index >= 15 is 0 Å². The number of nitrogens with zero attached hydrogens (tertiary/aromatic N) is 2. The summed E-state index contributed by atoms with van der Waals surface area (Å²) in [7, 11) is 0. The topological polar surface area (TPSA) is 49.8 Å². The molecule has 1 aliphatic rings. The molecule has 1 fully saturated rings. The van der Waals surface area contributed by atoms with E-state index in [1.807, 2.05) is 0 Å². The van der Waals surface area contributed by atoms with Gasteiger partial charge in [0.15, 0.2) is 0 Å². The highest BCUT2D eigenvalue weighted by atomic mass is 15.0. The normalized spacial score (nSPS) is 16.0. The van der Waals surface area contributed by atoms with Crippen LogP contribution in [0.1, 0.15) is 0 Å². The fourth-order valence-electron chi connectivity index (χ4n) is 0.857. The van der Waals surface area contributed by atoms with E-state index in [4.69, 9.17) is 0 Å². The Morgan fingerprint density at radius 1 is 0.667 bits per heavy atom. The van der Waals surface area contributed by atoms with Gasteiger partial charge in [-0.1, -0.05) is 0 Å². The summed E-state index contributed by atoms with van der Waals surface area (Å²) in [5.41, 5.74) is 0. The highest BCUT2D eigenvalue weighted by Crippen LogP contribution is 1.66. The van der Waals surface area contributed by atoms with Crippen LogP contribution in [0.5, 0.6) is 0 Å². The average Bonchev–Trinajstić information content (AvgIpc) is 2.24. The smallest absolute Gasteiger partial charge is 0.0451 e. The fourth-order valence-corrected chi connectivity index (χ4v) is 0.857. The number of piperazine rings is 1. The molecule has 0 radical (unpaired) electrons. The largest absolute Gasteiger partial charge is 0.314 e. The summed E-state index contributed by atoms with van der Waals surface area (Å²) in [6.45, 7) is 4.56. The van der Waals surface area contributed by atoms with Gasteiger partial charge in [-0.05, 0) is 0 Å². The van der Waals surface area contributed by atoms with Crippen molar-refractivity contribution in [2.45, 2.75) is 0 Å². The highest BCUT2D eigenvalue weighted by Gasteiger charge is 1.91. The maximum atomic E-state index is 3.72. The van der Waals surface area contributed by atoms with Gasteiger partial charge in [-0.25, -0.2) is 0 Å². The van der Waals surface area contributed by atoms with Gasteiger partial charge in [-0.2, -0.15) is 0 Å². The molecule has 0 saturated carbocycles.